The summed E-state index contributed by atoms with van der Waals surface area (Å²) in [4.78, 5) is 2.58. The van der Waals surface area contributed by atoms with Crippen molar-refractivity contribution < 1.29 is 4.42 Å². The van der Waals surface area contributed by atoms with Gasteiger partial charge < -0.3 is 14.6 Å². The maximum atomic E-state index is 5.96. The van der Waals surface area contributed by atoms with Crippen LogP contribution < -0.4 is 5.32 Å². The summed E-state index contributed by atoms with van der Waals surface area (Å²) in [5.41, 5.74) is 1.14. The Morgan fingerprint density at radius 2 is 1.74 bits per heavy atom. The van der Waals surface area contributed by atoms with Crippen LogP contribution in [0, 0.1) is 5.92 Å². The van der Waals surface area contributed by atoms with Crippen LogP contribution in [-0.2, 0) is 6.54 Å². The summed E-state index contributed by atoms with van der Waals surface area (Å²) in [5, 5.41) is 3.70. The molecule has 1 aromatic heterocycles. The van der Waals surface area contributed by atoms with Gasteiger partial charge in [-0.3, -0.25) is 0 Å². The summed E-state index contributed by atoms with van der Waals surface area (Å²) in [5.74, 6) is 2.85. The SMILES string of the molecule is Cl.Cl.c1ccc(-c2ccc(CNC3CN4CCC3CC4)o2)cc1. The van der Waals surface area contributed by atoms with Gasteiger partial charge in [-0.05, 0) is 44.0 Å². The Morgan fingerprint density at radius 3 is 2.39 bits per heavy atom. The average Bonchev–Trinajstić information content (AvgIpc) is 3.04. The van der Waals surface area contributed by atoms with Crippen LogP contribution in [0.5, 0.6) is 0 Å². The highest BCUT2D eigenvalue weighted by atomic mass is 35.5. The first kappa shape index (κ1) is 18.3. The van der Waals surface area contributed by atoms with E-state index < -0.39 is 0 Å². The van der Waals surface area contributed by atoms with Crippen molar-refractivity contribution in [3.8, 4) is 11.3 Å². The second kappa shape index (κ2) is 8.20. The molecule has 1 aromatic carbocycles. The second-order valence-corrected chi connectivity index (χ2v) is 6.26. The zero-order valence-corrected chi connectivity index (χ0v) is 14.7. The van der Waals surface area contributed by atoms with E-state index in [0.717, 1.165) is 29.5 Å². The van der Waals surface area contributed by atoms with Crippen molar-refractivity contribution >= 4 is 24.8 Å². The lowest BCUT2D eigenvalue weighted by Crippen LogP contribution is -2.55. The first-order valence-electron chi connectivity index (χ1n) is 7.98. The van der Waals surface area contributed by atoms with Gasteiger partial charge >= 0.3 is 0 Å². The molecule has 4 heterocycles. The van der Waals surface area contributed by atoms with Crippen LogP contribution in [0.1, 0.15) is 18.6 Å². The number of piperidine rings is 3. The van der Waals surface area contributed by atoms with Gasteiger partial charge in [0.15, 0.2) is 0 Å². The maximum Gasteiger partial charge on any atom is 0.134 e. The molecule has 3 nitrogen and oxygen atoms in total. The van der Waals surface area contributed by atoms with E-state index in [1.807, 2.05) is 18.2 Å². The van der Waals surface area contributed by atoms with Crippen molar-refractivity contribution in [2.75, 3.05) is 19.6 Å². The van der Waals surface area contributed by atoms with Gasteiger partial charge in [-0.1, -0.05) is 30.3 Å². The Bertz CT molecular complexity index is 594. The van der Waals surface area contributed by atoms with E-state index in [-0.39, 0.29) is 24.8 Å². The first-order chi connectivity index (χ1) is 10.4. The van der Waals surface area contributed by atoms with Gasteiger partial charge in [0.05, 0.1) is 6.54 Å². The van der Waals surface area contributed by atoms with Crippen molar-refractivity contribution in [3.63, 3.8) is 0 Å². The van der Waals surface area contributed by atoms with E-state index in [1.54, 1.807) is 0 Å². The summed E-state index contributed by atoms with van der Waals surface area (Å²) in [6, 6.07) is 15.1. The fourth-order valence-electron chi connectivity index (χ4n) is 3.66. The number of nitrogens with zero attached hydrogens (tertiary/aromatic N) is 1. The van der Waals surface area contributed by atoms with E-state index in [4.69, 9.17) is 4.42 Å². The van der Waals surface area contributed by atoms with Gasteiger partial charge in [0.1, 0.15) is 11.5 Å². The molecule has 23 heavy (non-hydrogen) atoms. The van der Waals surface area contributed by atoms with Crippen molar-refractivity contribution in [1.82, 2.24) is 10.2 Å². The quantitative estimate of drug-likeness (QED) is 0.900. The van der Waals surface area contributed by atoms with E-state index >= 15 is 0 Å². The highest BCUT2D eigenvalue weighted by Gasteiger charge is 2.33. The van der Waals surface area contributed by atoms with Gasteiger partial charge in [-0.15, -0.1) is 24.8 Å². The lowest BCUT2D eigenvalue weighted by Gasteiger charge is -2.45. The van der Waals surface area contributed by atoms with Gasteiger partial charge in [-0.25, -0.2) is 0 Å². The zero-order valence-electron chi connectivity index (χ0n) is 13.1. The Labute approximate surface area is 150 Å². The Hall–Kier alpha value is -1.00. The molecule has 3 aliphatic rings. The lowest BCUT2D eigenvalue weighted by atomic mass is 9.84. The fourth-order valence-corrected chi connectivity index (χ4v) is 3.66. The van der Waals surface area contributed by atoms with E-state index in [2.05, 4.69) is 34.5 Å². The average molecular weight is 355 g/mol. The summed E-state index contributed by atoms with van der Waals surface area (Å²) in [6.45, 7) is 4.63. The van der Waals surface area contributed by atoms with E-state index in [9.17, 15) is 0 Å². The zero-order chi connectivity index (χ0) is 14.1. The minimum atomic E-state index is 0. The standard InChI is InChI=1S/C18H22N2O.2ClH/c1-2-4-15(5-3-1)18-7-6-16(21-18)12-19-17-13-20-10-8-14(17)9-11-20;;/h1-7,14,17,19H,8-13H2;2*1H. The first-order valence-corrected chi connectivity index (χ1v) is 7.98. The fraction of sp³-hybridized carbons (Fsp3) is 0.444. The Balaban J connectivity index is 0.000000960. The number of halogens is 2. The topological polar surface area (TPSA) is 28.4 Å². The van der Waals surface area contributed by atoms with Gasteiger partial charge in [0, 0.05) is 18.2 Å². The second-order valence-electron chi connectivity index (χ2n) is 6.26. The molecule has 0 radical (unpaired) electrons. The molecule has 3 aliphatic heterocycles. The number of benzene rings is 1. The third kappa shape index (κ3) is 4.10. The molecule has 3 fully saturated rings. The monoisotopic (exact) mass is 354 g/mol. The maximum absolute atomic E-state index is 5.96. The molecule has 0 spiro atoms. The third-order valence-electron chi connectivity index (χ3n) is 4.91. The molecule has 0 aliphatic carbocycles. The molecule has 5 rings (SSSR count). The molecule has 0 amide bonds. The highest BCUT2D eigenvalue weighted by Crippen LogP contribution is 2.28. The third-order valence-corrected chi connectivity index (χ3v) is 4.91. The van der Waals surface area contributed by atoms with Crippen LogP contribution in [0.2, 0.25) is 0 Å². The van der Waals surface area contributed by atoms with E-state index in [1.165, 1.54) is 32.5 Å². The molecule has 1 atom stereocenters. The Morgan fingerprint density at radius 1 is 1.00 bits per heavy atom. The summed E-state index contributed by atoms with van der Waals surface area (Å²) < 4.78 is 5.96. The van der Waals surface area contributed by atoms with Crippen LogP contribution in [0.15, 0.2) is 46.9 Å². The molecule has 5 heteroatoms. The molecule has 126 valence electrons. The van der Waals surface area contributed by atoms with Crippen LogP contribution in [0.3, 0.4) is 0 Å². The van der Waals surface area contributed by atoms with Crippen molar-refractivity contribution in [2.24, 2.45) is 5.92 Å². The number of fused-ring (bicyclic) bond motifs is 3. The molecular weight excluding hydrogens is 331 g/mol. The largest absolute Gasteiger partial charge is 0.460 e. The molecular formula is C18H24Cl2N2O. The highest BCUT2D eigenvalue weighted by molar-refractivity contribution is 5.85. The number of hydrogen-bond donors (Lipinski definition) is 1. The predicted octanol–water partition coefficient (Wildman–Crippen LogP) is 3.97. The Kier molecular flexibility index (Phi) is 6.54. The van der Waals surface area contributed by atoms with Gasteiger partial charge in [0.2, 0.25) is 0 Å². The minimum Gasteiger partial charge on any atom is -0.460 e. The molecule has 1 unspecified atom stereocenters. The van der Waals surface area contributed by atoms with Gasteiger partial charge in [0.25, 0.3) is 0 Å². The summed E-state index contributed by atoms with van der Waals surface area (Å²) >= 11 is 0. The number of rotatable bonds is 4. The predicted molar refractivity (Wildman–Crippen MR) is 98.4 cm³/mol. The van der Waals surface area contributed by atoms with Crippen molar-refractivity contribution in [2.45, 2.75) is 25.4 Å². The van der Waals surface area contributed by atoms with Gasteiger partial charge in [-0.2, -0.15) is 0 Å². The smallest absolute Gasteiger partial charge is 0.134 e. The van der Waals surface area contributed by atoms with Crippen molar-refractivity contribution in [3.05, 3.63) is 48.2 Å². The van der Waals surface area contributed by atoms with Crippen LogP contribution in [0.25, 0.3) is 11.3 Å². The summed E-state index contributed by atoms with van der Waals surface area (Å²) in [7, 11) is 0. The normalized spacial score (nSPS) is 25.5. The lowest BCUT2D eigenvalue weighted by molar-refractivity contribution is 0.0711. The van der Waals surface area contributed by atoms with Crippen LogP contribution in [0.4, 0.5) is 0 Å². The molecule has 2 aromatic rings. The molecule has 2 bridgehead atoms. The number of hydrogen-bond acceptors (Lipinski definition) is 3. The van der Waals surface area contributed by atoms with Crippen molar-refractivity contribution in [1.29, 1.82) is 0 Å². The molecule has 1 N–H and O–H groups in total. The summed E-state index contributed by atoms with van der Waals surface area (Å²) in [6.07, 6.45) is 2.70. The number of furan rings is 1. The minimum absolute atomic E-state index is 0. The van der Waals surface area contributed by atoms with Crippen LogP contribution in [-0.4, -0.2) is 30.6 Å². The van der Waals surface area contributed by atoms with E-state index in [0.29, 0.717) is 6.04 Å². The number of nitrogens with one attached hydrogen (secondary N) is 1. The molecule has 3 saturated heterocycles. The van der Waals surface area contributed by atoms with Crippen LogP contribution >= 0.6 is 24.8 Å². The molecule has 0 saturated carbocycles.